The minimum Gasteiger partial charge on any atom is -0.267 e. The van der Waals surface area contributed by atoms with Crippen molar-refractivity contribution in [3.05, 3.63) is 75.2 Å². The van der Waals surface area contributed by atoms with Crippen molar-refractivity contribution in [1.29, 1.82) is 0 Å². The van der Waals surface area contributed by atoms with Gasteiger partial charge in [0.25, 0.3) is 17.4 Å². The lowest BCUT2D eigenvalue weighted by Gasteiger charge is -2.12. The van der Waals surface area contributed by atoms with Crippen LogP contribution in [0.15, 0.2) is 47.3 Å². The fourth-order valence-corrected chi connectivity index (χ4v) is 3.00. The van der Waals surface area contributed by atoms with E-state index in [1.54, 1.807) is 36.4 Å². The molecule has 3 aromatic rings. The van der Waals surface area contributed by atoms with Crippen molar-refractivity contribution in [3.63, 3.8) is 0 Å². The summed E-state index contributed by atoms with van der Waals surface area (Å²) in [6, 6.07) is 12.2. The Bertz CT molecular complexity index is 1120. The van der Waals surface area contributed by atoms with Crippen LogP contribution in [0.5, 0.6) is 0 Å². The van der Waals surface area contributed by atoms with E-state index >= 15 is 0 Å². The third kappa shape index (κ3) is 3.64. The highest BCUT2D eigenvalue weighted by atomic mass is 16.2. The number of nitrogens with zero attached hydrogens (tertiary/aromatic N) is 2. The average molecular weight is 378 g/mol. The van der Waals surface area contributed by atoms with Crippen LogP contribution in [-0.2, 0) is 6.54 Å². The van der Waals surface area contributed by atoms with Gasteiger partial charge in [-0.05, 0) is 43.5 Å². The largest absolute Gasteiger partial charge is 0.290 e. The number of hydrazine groups is 1. The summed E-state index contributed by atoms with van der Waals surface area (Å²) in [7, 11) is 0. The van der Waals surface area contributed by atoms with Crippen LogP contribution in [-0.4, -0.2) is 21.6 Å². The van der Waals surface area contributed by atoms with E-state index in [0.29, 0.717) is 29.3 Å². The summed E-state index contributed by atoms with van der Waals surface area (Å²) in [5.74, 6) is -1.000. The van der Waals surface area contributed by atoms with Crippen molar-refractivity contribution in [2.45, 2.75) is 33.7 Å². The third-order valence-electron chi connectivity index (χ3n) is 4.66. The van der Waals surface area contributed by atoms with Crippen molar-refractivity contribution in [1.82, 2.24) is 20.6 Å². The average Bonchev–Trinajstić information content (AvgIpc) is 2.70. The van der Waals surface area contributed by atoms with Gasteiger partial charge < -0.3 is 0 Å². The van der Waals surface area contributed by atoms with Crippen LogP contribution in [0.3, 0.4) is 0 Å². The zero-order chi connectivity index (χ0) is 20.3. The molecule has 2 N–H and O–H groups in total. The third-order valence-corrected chi connectivity index (χ3v) is 4.66. The lowest BCUT2D eigenvalue weighted by molar-refractivity contribution is 0.0843. The summed E-state index contributed by atoms with van der Waals surface area (Å²) >= 11 is 0. The van der Waals surface area contributed by atoms with Gasteiger partial charge in [0.2, 0.25) is 0 Å². The normalized spacial score (nSPS) is 10.7. The molecular formula is C21H22N4O3. The first-order valence-electron chi connectivity index (χ1n) is 9.10. The van der Waals surface area contributed by atoms with Crippen LogP contribution < -0.4 is 16.4 Å². The summed E-state index contributed by atoms with van der Waals surface area (Å²) in [5, 5.41) is 5.07. The Labute approximate surface area is 162 Å². The maximum atomic E-state index is 12.7. The van der Waals surface area contributed by atoms with E-state index in [2.05, 4.69) is 16.0 Å². The molecule has 0 spiro atoms. The van der Waals surface area contributed by atoms with E-state index in [9.17, 15) is 14.4 Å². The molecule has 0 fully saturated rings. The summed E-state index contributed by atoms with van der Waals surface area (Å²) < 4.78 is 1.28. The number of fused-ring (bicyclic) bond motifs is 1. The molecule has 0 saturated carbocycles. The highest BCUT2D eigenvalue weighted by Crippen LogP contribution is 2.14. The number of hydrogen-bond acceptors (Lipinski definition) is 4. The van der Waals surface area contributed by atoms with Crippen LogP contribution >= 0.6 is 0 Å². The van der Waals surface area contributed by atoms with Gasteiger partial charge in [0.15, 0.2) is 5.69 Å². The SMILES string of the molecule is CCCn1nc(C(=O)NNC(=O)c2cccc(C)c2C)c2ccccc2c1=O. The number of carbonyl (C=O) groups excluding carboxylic acids is 2. The van der Waals surface area contributed by atoms with Gasteiger partial charge in [-0.25, -0.2) is 4.68 Å². The molecule has 0 aliphatic heterocycles. The molecule has 2 aromatic carbocycles. The summed E-state index contributed by atoms with van der Waals surface area (Å²) in [4.78, 5) is 37.7. The smallest absolute Gasteiger partial charge is 0.267 e. The maximum absolute atomic E-state index is 12.7. The van der Waals surface area contributed by atoms with E-state index < -0.39 is 11.8 Å². The van der Waals surface area contributed by atoms with Gasteiger partial charge >= 0.3 is 0 Å². The molecule has 2 amide bonds. The first-order chi connectivity index (χ1) is 13.4. The highest BCUT2D eigenvalue weighted by Gasteiger charge is 2.18. The Hall–Kier alpha value is -3.48. The summed E-state index contributed by atoms with van der Waals surface area (Å²) in [6.07, 6.45) is 0.704. The van der Waals surface area contributed by atoms with Gasteiger partial charge in [0.05, 0.1) is 5.39 Å². The second-order valence-corrected chi connectivity index (χ2v) is 6.58. The van der Waals surface area contributed by atoms with Gasteiger partial charge in [0.1, 0.15) is 0 Å². The molecule has 0 radical (unpaired) electrons. The number of rotatable bonds is 4. The van der Waals surface area contributed by atoms with Gasteiger partial charge in [-0.2, -0.15) is 5.10 Å². The number of aromatic nitrogens is 2. The van der Waals surface area contributed by atoms with Gasteiger partial charge in [-0.1, -0.05) is 37.3 Å². The molecule has 0 aliphatic carbocycles. The number of nitrogens with one attached hydrogen (secondary N) is 2. The predicted molar refractivity (Wildman–Crippen MR) is 107 cm³/mol. The number of amides is 2. The molecule has 0 bridgehead atoms. The summed E-state index contributed by atoms with van der Waals surface area (Å²) in [6.45, 7) is 6.09. The molecule has 0 atom stereocenters. The fraction of sp³-hybridized carbons (Fsp3) is 0.238. The number of benzene rings is 2. The topological polar surface area (TPSA) is 93.1 Å². The first kappa shape index (κ1) is 19.3. The van der Waals surface area contributed by atoms with E-state index in [0.717, 1.165) is 11.1 Å². The molecule has 7 heteroatoms. The standard InChI is InChI=1S/C21H22N4O3/c1-4-12-25-21(28)17-10-6-5-9-16(17)18(24-25)20(27)23-22-19(26)15-11-7-8-13(2)14(15)3/h5-11H,4,12H2,1-3H3,(H,22,26)(H,23,27). The summed E-state index contributed by atoms with van der Waals surface area (Å²) in [5.41, 5.74) is 6.99. The molecule has 1 heterocycles. The second kappa shape index (κ2) is 8.04. The van der Waals surface area contributed by atoms with E-state index in [4.69, 9.17) is 0 Å². The van der Waals surface area contributed by atoms with Gasteiger partial charge in [-0.15, -0.1) is 0 Å². The van der Waals surface area contributed by atoms with E-state index in [1.807, 2.05) is 26.8 Å². The van der Waals surface area contributed by atoms with Crippen molar-refractivity contribution in [2.75, 3.05) is 0 Å². The number of aryl methyl sites for hydroxylation is 2. The van der Waals surface area contributed by atoms with Crippen LogP contribution in [0.1, 0.15) is 45.3 Å². The Morgan fingerprint density at radius 2 is 1.64 bits per heavy atom. The van der Waals surface area contributed by atoms with Crippen molar-refractivity contribution < 1.29 is 9.59 Å². The molecule has 28 heavy (non-hydrogen) atoms. The highest BCUT2D eigenvalue weighted by molar-refractivity contribution is 6.06. The van der Waals surface area contributed by atoms with Crippen LogP contribution in [0.25, 0.3) is 10.8 Å². The number of hydrogen-bond donors (Lipinski definition) is 2. The molecular weight excluding hydrogens is 356 g/mol. The quantitative estimate of drug-likeness (QED) is 0.682. The lowest BCUT2D eigenvalue weighted by Crippen LogP contribution is -2.43. The monoisotopic (exact) mass is 378 g/mol. The van der Waals surface area contributed by atoms with Crippen LogP contribution in [0, 0.1) is 13.8 Å². The zero-order valence-corrected chi connectivity index (χ0v) is 16.1. The molecule has 0 saturated heterocycles. The van der Waals surface area contributed by atoms with Crippen molar-refractivity contribution in [3.8, 4) is 0 Å². The van der Waals surface area contributed by atoms with Crippen molar-refractivity contribution in [2.24, 2.45) is 0 Å². The Kier molecular flexibility index (Phi) is 5.54. The Morgan fingerprint density at radius 1 is 0.964 bits per heavy atom. The molecule has 144 valence electrons. The molecule has 0 unspecified atom stereocenters. The van der Waals surface area contributed by atoms with Crippen molar-refractivity contribution >= 4 is 22.6 Å². The minimum atomic E-state index is -0.584. The molecule has 1 aromatic heterocycles. The first-order valence-corrected chi connectivity index (χ1v) is 9.10. The second-order valence-electron chi connectivity index (χ2n) is 6.58. The fourth-order valence-electron chi connectivity index (χ4n) is 3.00. The lowest BCUT2D eigenvalue weighted by atomic mass is 10.0. The predicted octanol–water partition coefficient (Wildman–Crippen LogP) is 2.50. The van der Waals surface area contributed by atoms with Crippen LogP contribution in [0.2, 0.25) is 0 Å². The Balaban J connectivity index is 1.89. The molecule has 0 aliphatic rings. The zero-order valence-electron chi connectivity index (χ0n) is 16.1. The van der Waals surface area contributed by atoms with E-state index in [1.165, 1.54) is 4.68 Å². The Morgan fingerprint density at radius 3 is 2.36 bits per heavy atom. The molecule has 3 rings (SSSR count). The number of carbonyl (C=O) groups is 2. The van der Waals surface area contributed by atoms with Crippen LogP contribution in [0.4, 0.5) is 0 Å². The maximum Gasteiger partial charge on any atom is 0.290 e. The van der Waals surface area contributed by atoms with Gasteiger partial charge in [-0.3, -0.25) is 25.2 Å². The van der Waals surface area contributed by atoms with Gasteiger partial charge in [0, 0.05) is 17.5 Å². The minimum absolute atomic E-state index is 0.0879. The molecule has 7 nitrogen and oxygen atoms in total. The van der Waals surface area contributed by atoms with E-state index in [-0.39, 0.29) is 11.3 Å².